The maximum atomic E-state index is 10.8. The molecule has 0 saturated heterocycles. The van der Waals surface area contributed by atoms with E-state index in [-0.39, 0.29) is 5.78 Å². The second kappa shape index (κ2) is 5.34. The van der Waals surface area contributed by atoms with Crippen LogP contribution in [0.15, 0.2) is 29.0 Å². The van der Waals surface area contributed by atoms with Crippen LogP contribution in [0, 0.1) is 0 Å². The van der Waals surface area contributed by atoms with Gasteiger partial charge in [-0.2, -0.15) is 4.98 Å². The average Bonchev–Trinajstić information content (AvgIpc) is 2.75. The molecule has 0 spiro atoms. The molecule has 0 aromatic carbocycles. The molecule has 0 bridgehead atoms. The lowest BCUT2D eigenvalue weighted by atomic mass is 10.2. The normalized spacial score (nSPS) is 10.4. The molecule has 2 aromatic rings. The third-order valence-corrected chi connectivity index (χ3v) is 2.31. The summed E-state index contributed by atoms with van der Waals surface area (Å²) in [7, 11) is 0. The van der Waals surface area contributed by atoms with Gasteiger partial charge in [-0.15, -0.1) is 0 Å². The molecule has 0 aliphatic heterocycles. The summed E-state index contributed by atoms with van der Waals surface area (Å²) < 4.78 is 5.06. The fraction of sp³-hybridized carbons (Fsp3) is 0.333. The molecule has 0 fully saturated rings. The quantitative estimate of drug-likeness (QED) is 0.781. The number of Topliss-reactive ketones (excluding diaryl/α,β-unsaturated/α-hetero) is 1. The highest BCUT2D eigenvalue weighted by Gasteiger charge is 2.07. The Balaban J connectivity index is 1.97. The third-order valence-electron chi connectivity index (χ3n) is 2.31. The van der Waals surface area contributed by atoms with Crippen LogP contribution in [-0.2, 0) is 17.6 Å². The number of aromatic nitrogens is 3. The Bertz CT molecular complexity index is 493. The predicted molar refractivity (Wildman–Crippen MR) is 60.3 cm³/mol. The Hall–Kier alpha value is -2.04. The van der Waals surface area contributed by atoms with Crippen molar-refractivity contribution in [3.63, 3.8) is 0 Å². The molecule has 17 heavy (non-hydrogen) atoms. The van der Waals surface area contributed by atoms with Crippen molar-refractivity contribution in [1.29, 1.82) is 0 Å². The summed E-state index contributed by atoms with van der Waals surface area (Å²) in [4.78, 5) is 19.0. The van der Waals surface area contributed by atoms with Gasteiger partial charge in [-0.1, -0.05) is 5.16 Å². The van der Waals surface area contributed by atoms with E-state index in [1.54, 1.807) is 19.3 Å². The van der Waals surface area contributed by atoms with Crippen LogP contribution in [0.25, 0.3) is 0 Å². The number of ketones is 1. The van der Waals surface area contributed by atoms with Crippen molar-refractivity contribution >= 4 is 5.78 Å². The van der Waals surface area contributed by atoms with Crippen molar-refractivity contribution in [1.82, 2.24) is 15.1 Å². The van der Waals surface area contributed by atoms with E-state index < -0.39 is 0 Å². The average molecular weight is 231 g/mol. The maximum Gasteiger partial charge on any atom is 0.227 e. The summed E-state index contributed by atoms with van der Waals surface area (Å²) in [6, 6.07) is 3.82. The molecule has 5 nitrogen and oxygen atoms in total. The highest BCUT2D eigenvalue weighted by molar-refractivity contribution is 5.75. The van der Waals surface area contributed by atoms with E-state index in [1.807, 2.05) is 12.1 Å². The lowest BCUT2D eigenvalue weighted by Crippen LogP contribution is -1.95. The van der Waals surface area contributed by atoms with E-state index in [9.17, 15) is 4.79 Å². The summed E-state index contributed by atoms with van der Waals surface area (Å²) >= 11 is 0. The number of rotatable bonds is 5. The summed E-state index contributed by atoms with van der Waals surface area (Å²) in [6.45, 7) is 1.55. The molecule has 2 aromatic heterocycles. The molecule has 5 heteroatoms. The van der Waals surface area contributed by atoms with E-state index in [0.29, 0.717) is 31.0 Å². The van der Waals surface area contributed by atoms with E-state index in [0.717, 1.165) is 5.56 Å². The number of aryl methyl sites for hydroxylation is 1. The first-order chi connectivity index (χ1) is 8.24. The second-order valence-electron chi connectivity index (χ2n) is 3.84. The molecule has 2 rings (SSSR count). The number of hydrogen-bond acceptors (Lipinski definition) is 5. The van der Waals surface area contributed by atoms with E-state index >= 15 is 0 Å². The maximum absolute atomic E-state index is 10.8. The summed E-state index contributed by atoms with van der Waals surface area (Å²) in [5.74, 6) is 1.28. The van der Waals surface area contributed by atoms with E-state index in [4.69, 9.17) is 4.52 Å². The van der Waals surface area contributed by atoms with Gasteiger partial charge in [0.1, 0.15) is 5.78 Å². The Kier molecular flexibility index (Phi) is 3.59. The van der Waals surface area contributed by atoms with Gasteiger partial charge < -0.3 is 9.32 Å². The van der Waals surface area contributed by atoms with Crippen molar-refractivity contribution in [3.05, 3.63) is 41.8 Å². The zero-order chi connectivity index (χ0) is 12.1. The summed E-state index contributed by atoms with van der Waals surface area (Å²) in [5.41, 5.74) is 1.08. The zero-order valence-corrected chi connectivity index (χ0v) is 9.59. The van der Waals surface area contributed by atoms with Gasteiger partial charge in [-0.25, -0.2) is 0 Å². The van der Waals surface area contributed by atoms with Crippen molar-refractivity contribution in [2.75, 3.05) is 0 Å². The minimum Gasteiger partial charge on any atom is -0.339 e. The number of hydrogen-bond donors (Lipinski definition) is 0. The van der Waals surface area contributed by atoms with Crippen LogP contribution in [0.1, 0.15) is 30.6 Å². The van der Waals surface area contributed by atoms with Crippen LogP contribution < -0.4 is 0 Å². The minimum absolute atomic E-state index is 0.124. The van der Waals surface area contributed by atoms with Crippen molar-refractivity contribution in [3.8, 4) is 0 Å². The molecular weight excluding hydrogens is 218 g/mol. The first-order valence-corrected chi connectivity index (χ1v) is 5.44. The van der Waals surface area contributed by atoms with Crippen molar-refractivity contribution in [2.45, 2.75) is 26.2 Å². The topological polar surface area (TPSA) is 68.9 Å². The SMILES string of the molecule is CC(=O)CCc1nc(Cc2ccncc2)no1. The van der Waals surface area contributed by atoms with Crippen LogP contribution >= 0.6 is 0 Å². The Labute approximate surface area is 98.9 Å². The van der Waals surface area contributed by atoms with Gasteiger partial charge in [0, 0.05) is 31.7 Å². The smallest absolute Gasteiger partial charge is 0.227 e. The summed E-state index contributed by atoms with van der Waals surface area (Å²) in [6.07, 6.45) is 5.03. The zero-order valence-electron chi connectivity index (χ0n) is 9.59. The molecule has 0 aliphatic rings. The van der Waals surface area contributed by atoms with Gasteiger partial charge in [0.25, 0.3) is 0 Å². The molecular formula is C12H13N3O2. The minimum atomic E-state index is 0.124. The van der Waals surface area contributed by atoms with Gasteiger partial charge in [0.2, 0.25) is 5.89 Å². The van der Waals surface area contributed by atoms with Gasteiger partial charge in [-0.3, -0.25) is 4.98 Å². The van der Waals surface area contributed by atoms with Gasteiger partial charge in [-0.05, 0) is 24.6 Å². The van der Waals surface area contributed by atoms with Gasteiger partial charge >= 0.3 is 0 Å². The van der Waals surface area contributed by atoms with Crippen LogP contribution in [0.3, 0.4) is 0 Å². The van der Waals surface area contributed by atoms with Crippen LogP contribution in [0.5, 0.6) is 0 Å². The molecule has 0 atom stereocenters. The standard InChI is InChI=1S/C12H13N3O2/c1-9(16)2-3-12-14-11(15-17-12)8-10-4-6-13-7-5-10/h4-7H,2-3,8H2,1H3. The van der Waals surface area contributed by atoms with Crippen LogP contribution in [0.2, 0.25) is 0 Å². The Morgan fingerprint density at radius 1 is 1.35 bits per heavy atom. The van der Waals surface area contributed by atoms with Gasteiger partial charge in [0.05, 0.1) is 0 Å². The van der Waals surface area contributed by atoms with Crippen molar-refractivity contribution < 1.29 is 9.32 Å². The van der Waals surface area contributed by atoms with E-state index in [2.05, 4.69) is 15.1 Å². The predicted octanol–water partition coefficient (Wildman–Crippen LogP) is 1.58. The third kappa shape index (κ3) is 3.48. The second-order valence-corrected chi connectivity index (χ2v) is 3.84. The number of nitrogens with zero attached hydrogens (tertiary/aromatic N) is 3. The molecule has 2 heterocycles. The summed E-state index contributed by atoms with van der Waals surface area (Å²) in [5, 5.41) is 3.87. The fourth-order valence-electron chi connectivity index (χ4n) is 1.43. The van der Waals surface area contributed by atoms with E-state index in [1.165, 1.54) is 0 Å². The molecule has 0 aliphatic carbocycles. The largest absolute Gasteiger partial charge is 0.339 e. The first kappa shape index (κ1) is 11.4. The number of carbonyl (C=O) groups excluding carboxylic acids is 1. The Morgan fingerprint density at radius 2 is 2.12 bits per heavy atom. The molecule has 0 saturated carbocycles. The van der Waals surface area contributed by atoms with Crippen molar-refractivity contribution in [2.24, 2.45) is 0 Å². The monoisotopic (exact) mass is 231 g/mol. The molecule has 0 amide bonds. The highest BCUT2D eigenvalue weighted by atomic mass is 16.5. The van der Waals surface area contributed by atoms with Gasteiger partial charge in [0.15, 0.2) is 5.82 Å². The molecule has 0 radical (unpaired) electrons. The number of carbonyl (C=O) groups is 1. The lowest BCUT2D eigenvalue weighted by Gasteiger charge is -1.93. The molecule has 0 N–H and O–H groups in total. The fourth-order valence-corrected chi connectivity index (χ4v) is 1.43. The lowest BCUT2D eigenvalue weighted by molar-refractivity contribution is -0.117. The van der Waals surface area contributed by atoms with Crippen LogP contribution in [-0.4, -0.2) is 20.9 Å². The number of pyridine rings is 1. The Morgan fingerprint density at radius 3 is 2.82 bits per heavy atom. The highest BCUT2D eigenvalue weighted by Crippen LogP contribution is 2.07. The molecule has 88 valence electrons. The molecule has 0 unspecified atom stereocenters. The van der Waals surface area contributed by atoms with Crippen LogP contribution in [0.4, 0.5) is 0 Å². The first-order valence-electron chi connectivity index (χ1n) is 5.44.